The third-order valence-electron chi connectivity index (χ3n) is 3.75. The molecule has 16 heavy (non-hydrogen) atoms. The molecule has 92 valence electrons. The van der Waals surface area contributed by atoms with E-state index in [1.165, 1.54) is 32.4 Å². The Balaban J connectivity index is 1.58. The second-order valence-electron chi connectivity index (χ2n) is 5.34. The maximum atomic E-state index is 10.9. The Bertz CT molecular complexity index is 253. The number of carbonyl (C=O) groups is 1. The molecule has 1 saturated heterocycles. The highest BCUT2D eigenvalue weighted by atomic mass is 16.1. The monoisotopic (exact) mass is 225 g/mol. The summed E-state index contributed by atoms with van der Waals surface area (Å²) in [6.45, 7) is 6.13. The molecule has 1 aliphatic heterocycles. The molecule has 2 unspecified atom stereocenters. The first kappa shape index (κ1) is 11.9. The lowest BCUT2D eigenvalue weighted by Crippen LogP contribution is -2.34. The van der Waals surface area contributed by atoms with Crippen molar-refractivity contribution < 1.29 is 4.79 Å². The molecular weight excluding hydrogens is 202 g/mol. The Morgan fingerprint density at radius 3 is 2.88 bits per heavy atom. The van der Waals surface area contributed by atoms with Gasteiger partial charge in [0.25, 0.3) is 0 Å². The third kappa shape index (κ3) is 3.19. The van der Waals surface area contributed by atoms with Crippen LogP contribution in [-0.2, 0) is 4.79 Å². The number of nitrogens with two attached hydrogens (primary N) is 1. The van der Waals surface area contributed by atoms with Gasteiger partial charge in [0.05, 0.1) is 0 Å². The predicted molar refractivity (Wildman–Crippen MR) is 63.9 cm³/mol. The summed E-state index contributed by atoms with van der Waals surface area (Å²) in [4.78, 5) is 13.5. The molecule has 2 fully saturated rings. The zero-order valence-corrected chi connectivity index (χ0v) is 10.1. The van der Waals surface area contributed by atoms with E-state index in [1.54, 1.807) is 0 Å². The summed E-state index contributed by atoms with van der Waals surface area (Å²) in [7, 11) is 0. The largest absolute Gasteiger partial charge is 0.369 e. The van der Waals surface area contributed by atoms with E-state index in [1.807, 2.05) is 6.92 Å². The number of nitrogens with one attached hydrogen (secondary N) is 1. The lowest BCUT2D eigenvalue weighted by molar-refractivity contribution is -0.121. The summed E-state index contributed by atoms with van der Waals surface area (Å²) in [5.41, 5.74) is 5.21. The van der Waals surface area contributed by atoms with Crippen LogP contribution in [0.3, 0.4) is 0 Å². The Morgan fingerprint density at radius 2 is 2.25 bits per heavy atom. The molecule has 0 bridgehead atoms. The lowest BCUT2D eigenvalue weighted by atomic mass is 10.1. The highest BCUT2D eigenvalue weighted by Gasteiger charge is 2.34. The van der Waals surface area contributed by atoms with Crippen LogP contribution in [0.4, 0.5) is 0 Å². The molecule has 1 amide bonds. The van der Waals surface area contributed by atoms with E-state index < -0.39 is 0 Å². The fourth-order valence-corrected chi connectivity index (χ4v) is 2.41. The van der Waals surface area contributed by atoms with E-state index in [4.69, 9.17) is 5.73 Å². The minimum atomic E-state index is -0.210. The van der Waals surface area contributed by atoms with Crippen molar-refractivity contribution in [2.24, 2.45) is 17.6 Å². The molecule has 4 nitrogen and oxygen atoms in total. The number of hydrogen-bond acceptors (Lipinski definition) is 3. The maximum absolute atomic E-state index is 10.9. The number of nitrogens with zero attached hydrogens (tertiary/aromatic N) is 1. The summed E-state index contributed by atoms with van der Waals surface area (Å²) < 4.78 is 0. The summed E-state index contributed by atoms with van der Waals surface area (Å²) in [6.07, 6.45) is 4.10. The van der Waals surface area contributed by atoms with Gasteiger partial charge >= 0.3 is 0 Å². The van der Waals surface area contributed by atoms with Crippen LogP contribution >= 0.6 is 0 Å². The molecule has 2 atom stereocenters. The van der Waals surface area contributed by atoms with Crippen molar-refractivity contribution in [1.29, 1.82) is 0 Å². The van der Waals surface area contributed by atoms with Gasteiger partial charge in [0.1, 0.15) is 0 Å². The molecule has 0 aromatic carbocycles. The summed E-state index contributed by atoms with van der Waals surface area (Å²) in [5.74, 6) is 0.500. The van der Waals surface area contributed by atoms with E-state index in [2.05, 4.69) is 10.2 Å². The lowest BCUT2D eigenvalue weighted by Gasteiger charge is -2.16. The van der Waals surface area contributed by atoms with Gasteiger partial charge in [-0.05, 0) is 38.3 Å². The van der Waals surface area contributed by atoms with Crippen LogP contribution in [0.25, 0.3) is 0 Å². The van der Waals surface area contributed by atoms with Crippen LogP contribution in [-0.4, -0.2) is 43.0 Å². The molecule has 1 saturated carbocycles. The van der Waals surface area contributed by atoms with Gasteiger partial charge in [-0.2, -0.15) is 0 Å². The minimum Gasteiger partial charge on any atom is -0.369 e. The molecule has 0 radical (unpaired) electrons. The summed E-state index contributed by atoms with van der Waals surface area (Å²) in [5, 5.41) is 3.36. The Hall–Kier alpha value is -0.610. The van der Waals surface area contributed by atoms with Crippen LogP contribution in [0, 0.1) is 11.8 Å². The summed E-state index contributed by atoms with van der Waals surface area (Å²) in [6, 6.07) is 0.898. The number of primary amides is 1. The van der Waals surface area contributed by atoms with Crippen LogP contribution in [0.1, 0.15) is 26.2 Å². The van der Waals surface area contributed by atoms with Crippen molar-refractivity contribution in [2.45, 2.75) is 32.2 Å². The normalized spacial score (nSPS) is 28.2. The van der Waals surface area contributed by atoms with E-state index in [-0.39, 0.29) is 11.8 Å². The molecule has 3 N–H and O–H groups in total. The number of carbonyl (C=O) groups excluding carboxylic acids is 1. The SMILES string of the molecule is CC(CNCC1CCN(C2CC2)C1)C(N)=O. The molecule has 0 spiro atoms. The first-order chi connectivity index (χ1) is 7.66. The van der Waals surface area contributed by atoms with Gasteiger partial charge in [-0.25, -0.2) is 0 Å². The highest BCUT2D eigenvalue weighted by molar-refractivity contribution is 5.76. The van der Waals surface area contributed by atoms with E-state index in [9.17, 15) is 4.79 Å². The quantitative estimate of drug-likeness (QED) is 0.678. The Morgan fingerprint density at radius 1 is 1.50 bits per heavy atom. The van der Waals surface area contributed by atoms with E-state index in [0.717, 1.165) is 25.0 Å². The Labute approximate surface area is 97.6 Å². The van der Waals surface area contributed by atoms with E-state index >= 15 is 0 Å². The second kappa shape index (κ2) is 5.15. The first-order valence-corrected chi connectivity index (χ1v) is 6.41. The molecular formula is C12H23N3O. The number of likely N-dealkylation sites (tertiary alicyclic amines) is 1. The molecule has 1 heterocycles. The van der Waals surface area contributed by atoms with Crippen molar-refractivity contribution in [3.8, 4) is 0 Å². The molecule has 1 aliphatic carbocycles. The van der Waals surface area contributed by atoms with Crippen LogP contribution in [0.2, 0.25) is 0 Å². The van der Waals surface area contributed by atoms with Crippen molar-refractivity contribution in [2.75, 3.05) is 26.2 Å². The third-order valence-corrected chi connectivity index (χ3v) is 3.75. The zero-order valence-electron chi connectivity index (χ0n) is 10.1. The topological polar surface area (TPSA) is 58.4 Å². The van der Waals surface area contributed by atoms with Crippen molar-refractivity contribution in [3.63, 3.8) is 0 Å². The average Bonchev–Trinajstić information content (AvgIpc) is 2.99. The fraction of sp³-hybridized carbons (Fsp3) is 0.917. The van der Waals surface area contributed by atoms with Crippen LogP contribution in [0.15, 0.2) is 0 Å². The van der Waals surface area contributed by atoms with Gasteiger partial charge in [-0.1, -0.05) is 6.92 Å². The zero-order chi connectivity index (χ0) is 11.5. The van der Waals surface area contributed by atoms with Crippen LogP contribution in [0.5, 0.6) is 0 Å². The van der Waals surface area contributed by atoms with Gasteiger partial charge in [0, 0.05) is 25.0 Å². The average molecular weight is 225 g/mol. The van der Waals surface area contributed by atoms with Gasteiger partial charge < -0.3 is 16.0 Å². The molecule has 4 heteroatoms. The second-order valence-corrected chi connectivity index (χ2v) is 5.34. The van der Waals surface area contributed by atoms with Gasteiger partial charge in [0.15, 0.2) is 0 Å². The predicted octanol–water partition coefficient (Wildman–Crippen LogP) is 0.182. The van der Waals surface area contributed by atoms with Crippen molar-refractivity contribution >= 4 is 5.91 Å². The molecule has 0 aromatic rings. The fourth-order valence-electron chi connectivity index (χ4n) is 2.41. The van der Waals surface area contributed by atoms with Gasteiger partial charge in [-0.15, -0.1) is 0 Å². The number of hydrogen-bond donors (Lipinski definition) is 2. The minimum absolute atomic E-state index is 0.0547. The van der Waals surface area contributed by atoms with Crippen molar-refractivity contribution in [1.82, 2.24) is 10.2 Å². The smallest absolute Gasteiger partial charge is 0.221 e. The molecule has 2 aliphatic rings. The van der Waals surface area contributed by atoms with E-state index in [0.29, 0.717) is 0 Å². The Kier molecular flexibility index (Phi) is 3.82. The van der Waals surface area contributed by atoms with Crippen LogP contribution < -0.4 is 11.1 Å². The number of amides is 1. The highest BCUT2D eigenvalue weighted by Crippen LogP contribution is 2.31. The number of rotatable bonds is 6. The maximum Gasteiger partial charge on any atom is 0.221 e. The molecule has 0 aromatic heterocycles. The summed E-state index contributed by atoms with van der Waals surface area (Å²) >= 11 is 0. The van der Waals surface area contributed by atoms with Gasteiger partial charge in [0.2, 0.25) is 5.91 Å². The van der Waals surface area contributed by atoms with Crippen molar-refractivity contribution in [3.05, 3.63) is 0 Å². The first-order valence-electron chi connectivity index (χ1n) is 6.41. The molecule has 2 rings (SSSR count). The van der Waals surface area contributed by atoms with Gasteiger partial charge in [-0.3, -0.25) is 4.79 Å². The standard InChI is InChI=1S/C12H23N3O/c1-9(12(13)16)6-14-7-10-4-5-15(8-10)11-2-3-11/h9-11,14H,2-8H2,1H3,(H2,13,16).